The van der Waals surface area contributed by atoms with Crippen LogP contribution < -0.4 is 5.32 Å². The SMILES string of the molecule is Cc1nc(-c2ccsc2)sc1C(=O)NC1CC1. The van der Waals surface area contributed by atoms with E-state index in [0.29, 0.717) is 6.04 Å². The number of carbonyl (C=O) groups excluding carboxylic acids is 1. The van der Waals surface area contributed by atoms with Gasteiger partial charge in [0.05, 0.1) is 5.69 Å². The summed E-state index contributed by atoms with van der Waals surface area (Å²) in [6.45, 7) is 1.90. The zero-order valence-electron chi connectivity index (χ0n) is 9.40. The van der Waals surface area contributed by atoms with Crippen LogP contribution in [0.1, 0.15) is 28.2 Å². The van der Waals surface area contributed by atoms with Crippen LogP contribution in [-0.2, 0) is 0 Å². The van der Waals surface area contributed by atoms with E-state index >= 15 is 0 Å². The van der Waals surface area contributed by atoms with Crippen molar-refractivity contribution in [3.05, 3.63) is 27.4 Å². The van der Waals surface area contributed by atoms with E-state index in [2.05, 4.69) is 15.7 Å². The van der Waals surface area contributed by atoms with E-state index < -0.39 is 0 Å². The van der Waals surface area contributed by atoms with Gasteiger partial charge in [-0.15, -0.1) is 11.3 Å². The van der Waals surface area contributed by atoms with Crippen molar-refractivity contribution in [1.82, 2.24) is 10.3 Å². The highest BCUT2D eigenvalue weighted by Gasteiger charge is 2.26. The third-order valence-corrected chi connectivity index (χ3v) is 4.57. The molecule has 1 aliphatic rings. The van der Waals surface area contributed by atoms with E-state index in [1.807, 2.05) is 18.4 Å². The van der Waals surface area contributed by atoms with Gasteiger partial charge in [0.25, 0.3) is 5.91 Å². The molecule has 0 spiro atoms. The van der Waals surface area contributed by atoms with E-state index in [4.69, 9.17) is 0 Å². The number of thiophene rings is 1. The van der Waals surface area contributed by atoms with Crippen molar-refractivity contribution in [1.29, 1.82) is 0 Å². The fraction of sp³-hybridized carbons (Fsp3) is 0.333. The quantitative estimate of drug-likeness (QED) is 0.925. The van der Waals surface area contributed by atoms with Crippen molar-refractivity contribution < 1.29 is 4.79 Å². The number of amides is 1. The summed E-state index contributed by atoms with van der Waals surface area (Å²) in [5.74, 6) is 0.0315. The maximum atomic E-state index is 12.0. The van der Waals surface area contributed by atoms with Gasteiger partial charge in [-0.3, -0.25) is 4.79 Å². The van der Waals surface area contributed by atoms with Crippen LogP contribution >= 0.6 is 22.7 Å². The van der Waals surface area contributed by atoms with Crippen molar-refractivity contribution in [2.75, 3.05) is 0 Å². The molecule has 2 heterocycles. The molecule has 5 heteroatoms. The fourth-order valence-electron chi connectivity index (χ4n) is 1.60. The van der Waals surface area contributed by atoms with Crippen LogP contribution in [0.5, 0.6) is 0 Å². The minimum absolute atomic E-state index is 0.0315. The second-order valence-electron chi connectivity index (χ2n) is 4.19. The Labute approximate surface area is 108 Å². The number of hydrogen-bond donors (Lipinski definition) is 1. The van der Waals surface area contributed by atoms with Crippen LogP contribution in [0.15, 0.2) is 16.8 Å². The lowest BCUT2D eigenvalue weighted by Crippen LogP contribution is -2.25. The summed E-state index contributed by atoms with van der Waals surface area (Å²) in [6.07, 6.45) is 2.22. The molecule has 0 aromatic carbocycles. The van der Waals surface area contributed by atoms with Crippen molar-refractivity contribution >= 4 is 28.6 Å². The Bertz CT molecular complexity index is 541. The van der Waals surface area contributed by atoms with E-state index in [-0.39, 0.29) is 5.91 Å². The molecule has 3 nitrogen and oxygen atoms in total. The minimum Gasteiger partial charge on any atom is -0.349 e. The molecule has 0 radical (unpaired) electrons. The Morgan fingerprint density at radius 3 is 3.00 bits per heavy atom. The lowest BCUT2D eigenvalue weighted by molar-refractivity contribution is 0.0954. The predicted molar refractivity (Wildman–Crippen MR) is 70.7 cm³/mol. The van der Waals surface area contributed by atoms with Crippen LogP contribution in [0.3, 0.4) is 0 Å². The highest BCUT2D eigenvalue weighted by Crippen LogP contribution is 2.30. The summed E-state index contributed by atoms with van der Waals surface area (Å²) in [4.78, 5) is 17.2. The first-order valence-electron chi connectivity index (χ1n) is 5.55. The highest BCUT2D eigenvalue weighted by atomic mass is 32.1. The van der Waals surface area contributed by atoms with Gasteiger partial charge in [0.2, 0.25) is 0 Å². The molecular weight excluding hydrogens is 252 g/mol. The number of hydrogen-bond acceptors (Lipinski definition) is 4. The summed E-state index contributed by atoms with van der Waals surface area (Å²) in [5.41, 5.74) is 1.93. The minimum atomic E-state index is 0.0315. The lowest BCUT2D eigenvalue weighted by Gasteiger charge is -1.99. The Hall–Kier alpha value is -1.20. The van der Waals surface area contributed by atoms with Crippen LogP contribution in [0, 0.1) is 6.92 Å². The molecule has 0 atom stereocenters. The predicted octanol–water partition coefficient (Wildman–Crippen LogP) is 3.07. The third-order valence-electron chi connectivity index (χ3n) is 2.68. The lowest BCUT2D eigenvalue weighted by atomic mass is 10.3. The molecule has 1 saturated carbocycles. The summed E-state index contributed by atoms with van der Waals surface area (Å²) in [5, 5.41) is 8.02. The largest absolute Gasteiger partial charge is 0.349 e. The monoisotopic (exact) mass is 264 g/mol. The maximum Gasteiger partial charge on any atom is 0.263 e. The summed E-state index contributed by atoms with van der Waals surface area (Å²) in [7, 11) is 0. The van der Waals surface area contributed by atoms with Crippen LogP contribution in [-0.4, -0.2) is 16.9 Å². The maximum absolute atomic E-state index is 12.0. The number of rotatable bonds is 3. The van der Waals surface area contributed by atoms with Gasteiger partial charge in [-0.25, -0.2) is 4.98 Å². The molecule has 1 amide bonds. The first kappa shape index (κ1) is 10.9. The second kappa shape index (κ2) is 4.23. The summed E-state index contributed by atoms with van der Waals surface area (Å²) < 4.78 is 0. The smallest absolute Gasteiger partial charge is 0.263 e. The van der Waals surface area contributed by atoms with E-state index in [1.54, 1.807) is 11.3 Å². The van der Waals surface area contributed by atoms with Crippen molar-refractivity contribution in [2.45, 2.75) is 25.8 Å². The Morgan fingerprint density at radius 2 is 2.35 bits per heavy atom. The molecule has 0 unspecified atom stereocenters. The van der Waals surface area contributed by atoms with Gasteiger partial charge in [-0.1, -0.05) is 0 Å². The molecule has 1 fully saturated rings. The van der Waals surface area contributed by atoms with Gasteiger partial charge in [0, 0.05) is 17.0 Å². The Morgan fingerprint density at radius 1 is 1.53 bits per heavy atom. The zero-order chi connectivity index (χ0) is 11.8. The van der Waals surface area contributed by atoms with Crippen molar-refractivity contribution in [3.8, 4) is 10.6 Å². The molecule has 1 N–H and O–H groups in total. The van der Waals surface area contributed by atoms with E-state index in [0.717, 1.165) is 34.0 Å². The van der Waals surface area contributed by atoms with Crippen molar-refractivity contribution in [2.24, 2.45) is 0 Å². The number of thiazole rings is 1. The number of aryl methyl sites for hydroxylation is 1. The molecular formula is C12H12N2OS2. The summed E-state index contributed by atoms with van der Waals surface area (Å²) in [6, 6.07) is 2.43. The topological polar surface area (TPSA) is 42.0 Å². The van der Waals surface area contributed by atoms with Gasteiger partial charge < -0.3 is 5.32 Å². The zero-order valence-corrected chi connectivity index (χ0v) is 11.0. The third kappa shape index (κ3) is 2.25. The molecule has 17 heavy (non-hydrogen) atoms. The molecule has 3 rings (SSSR count). The molecule has 88 valence electrons. The van der Waals surface area contributed by atoms with Crippen LogP contribution in [0.4, 0.5) is 0 Å². The van der Waals surface area contributed by atoms with Crippen LogP contribution in [0.25, 0.3) is 10.6 Å². The van der Waals surface area contributed by atoms with Gasteiger partial charge in [-0.2, -0.15) is 11.3 Å². The first-order valence-corrected chi connectivity index (χ1v) is 7.31. The molecule has 0 aliphatic heterocycles. The van der Waals surface area contributed by atoms with Gasteiger partial charge >= 0.3 is 0 Å². The van der Waals surface area contributed by atoms with Gasteiger partial charge in [-0.05, 0) is 31.2 Å². The second-order valence-corrected chi connectivity index (χ2v) is 5.97. The average molecular weight is 264 g/mol. The standard InChI is InChI=1S/C12H12N2OS2/c1-7-10(11(15)14-9-2-3-9)17-12(13-7)8-4-5-16-6-8/h4-6,9H,2-3H2,1H3,(H,14,15). The van der Waals surface area contributed by atoms with Crippen LogP contribution in [0.2, 0.25) is 0 Å². The number of nitrogens with one attached hydrogen (secondary N) is 1. The van der Waals surface area contributed by atoms with Gasteiger partial charge in [0.15, 0.2) is 0 Å². The normalized spacial score (nSPS) is 14.9. The molecule has 0 saturated heterocycles. The molecule has 1 aliphatic carbocycles. The van der Waals surface area contributed by atoms with Crippen molar-refractivity contribution in [3.63, 3.8) is 0 Å². The number of aromatic nitrogens is 1. The fourth-order valence-corrected chi connectivity index (χ4v) is 3.28. The average Bonchev–Trinajstić information content (AvgIpc) is 2.83. The number of carbonyl (C=O) groups is 1. The highest BCUT2D eigenvalue weighted by molar-refractivity contribution is 7.17. The van der Waals surface area contributed by atoms with E-state index in [1.165, 1.54) is 11.3 Å². The molecule has 2 aromatic heterocycles. The Balaban J connectivity index is 1.87. The Kier molecular flexibility index (Phi) is 2.72. The number of nitrogens with zero attached hydrogens (tertiary/aromatic N) is 1. The van der Waals surface area contributed by atoms with E-state index in [9.17, 15) is 4.79 Å². The summed E-state index contributed by atoms with van der Waals surface area (Å²) >= 11 is 3.12. The molecule has 2 aromatic rings. The molecule has 0 bridgehead atoms. The first-order chi connectivity index (χ1) is 8.24. The van der Waals surface area contributed by atoms with Gasteiger partial charge in [0.1, 0.15) is 9.88 Å².